The van der Waals surface area contributed by atoms with Gasteiger partial charge in [0.2, 0.25) is 10.0 Å². The number of carbonyl (C=O) groups excluding carboxylic acids is 1. The number of hydrogen-bond donors (Lipinski definition) is 2. The number of benzene rings is 1. The Morgan fingerprint density at radius 1 is 1.35 bits per heavy atom. The summed E-state index contributed by atoms with van der Waals surface area (Å²) in [5, 5.41) is 0. The third-order valence-electron chi connectivity index (χ3n) is 3.09. The lowest BCUT2D eigenvalue weighted by atomic mass is 10.1. The minimum Gasteiger partial charge on any atom is -0.465 e. The second-order valence-corrected chi connectivity index (χ2v) is 7.38. The van der Waals surface area contributed by atoms with Crippen LogP contribution in [0.1, 0.15) is 36.2 Å². The zero-order valence-electron chi connectivity index (χ0n) is 13.6. The van der Waals surface area contributed by atoms with E-state index in [0.29, 0.717) is 23.5 Å². The molecular formula is C15H25ClN2O4S. The van der Waals surface area contributed by atoms with Crippen molar-refractivity contribution in [2.24, 2.45) is 11.7 Å². The molecule has 1 unspecified atom stereocenters. The number of esters is 1. The van der Waals surface area contributed by atoms with E-state index in [4.69, 9.17) is 5.73 Å². The summed E-state index contributed by atoms with van der Waals surface area (Å²) in [6.45, 7) is 4.27. The maximum absolute atomic E-state index is 12.2. The van der Waals surface area contributed by atoms with Crippen molar-refractivity contribution in [1.29, 1.82) is 0 Å². The van der Waals surface area contributed by atoms with Gasteiger partial charge in [0.25, 0.3) is 0 Å². The number of hydrogen-bond acceptors (Lipinski definition) is 5. The summed E-state index contributed by atoms with van der Waals surface area (Å²) in [5.41, 5.74) is 6.47. The van der Waals surface area contributed by atoms with Crippen LogP contribution in [0, 0.1) is 5.92 Å². The zero-order valence-corrected chi connectivity index (χ0v) is 15.2. The number of nitrogens with one attached hydrogen (secondary N) is 1. The van der Waals surface area contributed by atoms with Crippen molar-refractivity contribution in [3.63, 3.8) is 0 Å². The van der Waals surface area contributed by atoms with Gasteiger partial charge in [-0.2, -0.15) is 0 Å². The minimum absolute atomic E-state index is 0. The molecule has 1 aromatic carbocycles. The fourth-order valence-electron chi connectivity index (χ4n) is 2.18. The quantitative estimate of drug-likeness (QED) is 0.684. The summed E-state index contributed by atoms with van der Waals surface area (Å²) in [4.78, 5) is 11.5. The SMILES string of the molecule is COC(=O)c1cccc(CS(=O)(=O)NC(CN)CC(C)C)c1.Cl. The van der Waals surface area contributed by atoms with Crippen LogP contribution in [0.3, 0.4) is 0 Å². The van der Waals surface area contributed by atoms with Crippen LogP contribution in [-0.2, 0) is 20.5 Å². The smallest absolute Gasteiger partial charge is 0.337 e. The predicted molar refractivity (Wildman–Crippen MR) is 93.1 cm³/mol. The van der Waals surface area contributed by atoms with Gasteiger partial charge in [0.15, 0.2) is 0 Å². The molecule has 1 rings (SSSR count). The number of halogens is 1. The molecule has 0 fully saturated rings. The highest BCUT2D eigenvalue weighted by molar-refractivity contribution is 7.88. The molecule has 1 aromatic rings. The van der Waals surface area contributed by atoms with E-state index in [0.717, 1.165) is 0 Å². The molecule has 0 radical (unpaired) electrons. The van der Waals surface area contributed by atoms with E-state index in [-0.39, 0.29) is 30.7 Å². The van der Waals surface area contributed by atoms with Gasteiger partial charge in [-0.05, 0) is 30.0 Å². The number of ether oxygens (including phenoxy) is 1. The van der Waals surface area contributed by atoms with Crippen molar-refractivity contribution in [1.82, 2.24) is 4.72 Å². The first kappa shape index (κ1) is 21.9. The van der Waals surface area contributed by atoms with Crippen molar-refractivity contribution >= 4 is 28.4 Å². The second kappa shape index (κ2) is 9.87. The molecule has 23 heavy (non-hydrogen) atoms. The van der Waals surface area contributed by atoms with E-state index in [2.05, 4.69) is 9.46 Å². The first-order valence-electron chi connectivity index (χ1n) is 7.14. The number of nitrogens with two attached hydrogens (primary N) is 1. The van der Waals surface area contributed by atoms with Crippen LogP contribution in [0.2, 0.25) is 0 Å². The Bertz CT molecular complexity index is 605. The van der Waals surface area contributed by atoms with Crippen molar-refractivity contribution in [2.75, 3.05) is 13.7 Å². The Balaban J connectivity index is 0.00000484. The molecule has 0 aliphatic rings. The first-order chi connectivity index (χ1) is 10.3. The standard InChI is InChI=1S/C15H24N2O4S.ClH/c1-11(2)7-14(9-16)17-22(19,20)10-12-5-4-6-13(8-12)15(18)21-3;/h4-6,8,11,14,17H,7,9-10,16H2,1-3H3;1H. The molecule has 3 N–H and O–H groups in total. The highest BCUT2D eigenvalue weighted by Crippen LogP contribution is 2.11. The molecule has 0 spiro atoms. The Hall–Kier alpha value is -1.15. The van der Waals surface area contributed by atoms with Gasteiger partial charge in [-0.15, -0.1) is 12.4 Å². The molecule has 0 saturated carbocycles. The highest BCUT2D eigenvalue weighted by atomic mass is 35.5. The van der Waals surface area contributed by atoms with Gasteiger partial charge in [0, 0.05) is 12.6 Å². The van der Waals surface area contributed by atoms with Gasteiger partial charge in [0.05, 0.1) is 18.4 Å². The summed E-state index contributed by atoms with van der Waals surface area (Å²) in [7, 11) is -2.24. The topological polar surface area (TPSA) is 98.5 Å². The van der Waals surface area contributed by atoms with Crippen LogP contribution in [0.5, 0.6) is 0 Å². The molecule has 1 atom stereocenters. The average molecular weight is 365 g/mol. The van der Waals surface area contributed by atoms with E-state index in [1.807, 2.05) is 13.8 Å². The lowest BCUT2D eigenvalue weighted by Gasteiger charge is -2.18. The van der Waals surface area contributed by atoms with Gasteiger partial charge < -0.3 is 10.5 Å². The van der Waals surface area contributed by atoms with Gasteiger partial charge in [0.1, 0.15) is 0 Å². The third-order valence-corrected chi connectivity index (χ3v) is 4.50. The Kier molecular flexibility index (Phi) is 9.38. The van der Waals surface area contributed by atoms with Crippen LogP contribution in [0.15, 0.2) is 24.3 Å². The fourth-order valence-corrected chi connectivity index (χ4v) is 3.58. The summed E-state index contributed by atoms with van der Waals surface area (Å²) < 4.78 is 31.7. The van der Waals surface area contributed by atoms with Gasteiger partial charge in [-0.1, -0.05) is 26.0 Å². The Labute approximate surface area is 144 Å². The maximum atomic E-state index is 12.2. The van der Waals surface area contributed by atoms with Crippen LogP contribution in [0.4, 0.5) is 0 Å². The molecule has 6 nitrogen and oxygen atoms in total. The second-order valence-electron chi connectivity index (χ2n) is 5.63. The molecule has 0 bridgehead atoms. The number of methoxy groups -OCH3 is 1. The summed E-state index contributed by atoms with van der Waals surface area (Å²) in [6.07, 6.45) is 0.679. The molecule has 0 aromatic heterocycles. The molecule has 0 saturated heterocycles. The van der Waals surface area contributed by atoms with Crippen molar-refractivity contribution < 1.29 is 17.9 Å². The highest BCUT2D eigenvalue weighted by Gasteiger charge is 2.19. The van der Waals surface area contributed by atoms with Crippen LogP contribution < -0.4 is 10.5 Å². The van der Waals surface area contributed by atoms with E-state index >= 15 is 0 Å². The minimum atomic E-state index is -3.52. The summed E-state index contributed by atoms with van der Waals surface area (Å²) >= 11 is 0. The number of carbonyl (C=O) groups is 1. The molecule has 132 valence electrons. The molecule has 8 heteroatoms. The normalized spacial score (nSPS) is 12.6. The van der Waals surface area contributed by atoms with Gasteiger partial charge in [-0.25, -0.2) is 17.9 Å². The van der Waals surface area contributed by atoms with E-state index in [9.17, 15) is 13.2 Å². The van der Waals surface area contributed by atoms with Crippen LogP contribution in [0.25, 0.3) is 0 Å². The average Bonchev–Trinajstić information content (AvgIpc) is 2.44. The predicted octanol–water partition coefficient (Wildman–Crippen LogP) is 1.69. The fraction of sp³-hybridized carbons (Fsp3) is 0.533. The van der Waals surface area contributed by atoms with Gasteiger partial charge >= 0.3 is 5.97 Å². The maximum Gasteiger partial charge on any atom is 0.337 e. The first-order valence-corrected chi connectivity index (χ1v) is 8.80. The van der Waals surface area contributed by atoms with Crippen LogP contribution in [-0.4, -0.2) is 34.1 Å². The Morgan fingerprint density at radius 2 is 2.00 bits per heavy atom. The van der Waals surface area contributed by atoms with Crippen molar-refractivity contribution in [3.05, 3.63) is 35.4 Å². The van der Waals surface area contributed by atoms with Crippen molar-refractivity contribution in [2.45, 2.75) is 32.1 Å². The lowest BCUT2D eigenvalue weighted by molar-refractivity contribution is 0.0600. The van der Waals surface area contributed by atoms with E-state index in [1.54, 1.807) is 18.2 Å². The van der Waals surface area contributed by atoms with E-state index in [1.165, 1.54) is 13.2 Å². The lowest BCUT2D eigenvalue weighted by Crippen LogP contribution is -2.41. The Morgan fingerprint density at radius 3 is 2.52 bits per heavy atom. The van der Waals surface area contributed by atoms with Gasteiger partial charge in [-0.3, -0.25) is 0 Å². The largest absolute Gasteiger partial charge is 0.465 e. The molecule has 0 aliphatic carbocycles. The number of rotatable bonds is 8. The van der Waals surface area contributed by atoms with Crippen LogP contribution >= 0.6 is 12.4 Å². The summed E-state index contributed by atoms with van der Waals surface area (Å²) in [5.74, 6) is -0.349. The molecule has 0 amide bonds. The van der Waals surface area contributed by atoms with E-state index < -0.39 is 16.0 Å². The summed E-state index contributed by atoms with van der Waals surface area (Å²) in [6, 6.07) is 6.10. The third kappa shape index (κ3) is 7.78. The molecule has 0 aliphatic heterocycles. The van der Waals surface area contributed by atoms with Crippen molar-refractivity contribution in [3.8, 4) is 0 Å². The monoisotopic (exact) mass is 364 g/mol. The molecular weight excluding hydrogens is 340 g/mol. The zero-order chi connectivity index (χ0) is 16.8. The number of sulfonamides is 1. The molecule has 0 heterocycles.